The average molecular weight is 237 g/mol. The molecule has 0 aliphatic rings. The molecule has 0 unspecified atom stereocenters. The minimum atomic E-state index is -0.869. The maximum Gasteiger partial charge on any atom is 0.307 e. The molecule has 82 valence electrons. The number of carboxylic acid groups (broad SMARTS) is 1. The van der Waals surface area contributed by atoms with Crippen LogP contribution in [0, 0.1) is 0 Å². The number of carboxylic acids is 1. The number of hydrogen-bond acceptors (Lipinski definition) is 2. The molecule has 1 aromatic carbocycles. The Hall–Kier alpha value is -1.81. The van der Waals surface area contributed by atoms with E-state index in [9.17, 15) is 4.79 Å². The van der Waals surface area contributed by atoms with Crippen LogP contribution in [0.25, 0.3) is 5.69 Å². The largest absolute Gasteiger partial charge is 0.481 e. The first kappa shape index (κ1) is 10.7. The minimum absolute atomic E-state index is 0.0239. The normalized spacial score (nSPS) is 10.3. The fraction of sp³-hybridized carbons (Fsp3) is 0.0909. The molecule has 0 saturated heterocycles. The van der Waals surface area contributed by atoms with Crippen LogP contribution in [-0.4, -0.2) is 20.6 Å². The topological polar surface area (TPSA) is 55.1 Å². The van der Waals surface area contributed by atoms with Gasteiger partial charge in [-0.25, -0.2) is 4.98 Å². The molecule has 2 aromatic rings. The first-order valence-electron chi connectivity index (χ1n) is 4.65. The van der Waals surface area contributed by atoms with Crippen molar-refractivity contribution in [3.63, 3.8) is 0 Å². The molecule has 1 N–H and O–H groups in total. The molecule has 0 bridgehead atoms. The van der Waals surface area contributed by atoms with E-state index in [0.717, 1.165) is 5.69 Å². The van der Waals surface area contributed by atoms with Gasteiger partial charge in [0.15, 0.2) is 0 Å². The molecule has 0 saturated carbocycles. The smallest absolute Gasteiger partial charge is 0.307 e. The van der Waals surface area contributed by atoms with Gasteiger partial charge in [0.25, 0.3) is 0 Å². The Balaban J connectivity index is 2.34. The predicted molar refractivity (Wildman–Crippen MR) is 59.9 cm³/mol. The maximum absolute atomic E-state index is 10.5. The zero-order chi connectivity index (χ0) is 11.5. The SMILES string of the molecule is O=C(O)Cc1ccc(-n2ccnc2)c(Cl)c1. The number of rotatable bonds is 3. The van der Waals surface area contributed by atoms with Gasteiger partial charge in [-0.1, -0.05) is 17.7 Å². The van der Waals surface area contributed by atoms with Crippen molar-refractivity contribution >= 4 is 17.6 Å². The fourth-order valence-corrected chi connectivity index (χ4v) is 1.75. The van der Waals surface area contributed by atoms with Crippen molar-refractivity contribution in [2.75, 3.05) is 0 Å². The third-order valence-electron chi connectivity index (χ3n) is 2.15. The quantitative estimate of drug-likeness (QED) is 0.889. The monoisotopic (exact) mass is 236 g/mol. The highest BCUT2D eigenvalue weighted by Gasteiger charge is 2.06. The van der Waals surface area contributed by atoms with Gasteiger partial charge >= 0.3 is 5.97 Å². The summed E-state index contributed by atoms with van der Waals surface area (Å²) in [6.07, 6.45) is 5.04. The molecule has 0 spiro atoms. The number of imidazole rings is 1. The van der Waals surface area contributed by atoms with Crippen LogP contribution in [0.1, 0.15) is 5.56 Å². The van der Waals surface area contributed by atoms with Crippen molar-refractivity contribution in [3.8, 4) is 5.69 Å². The Morgan fingerprint density at radius 2 is 2.31 bits per heavy atom. The molecule has 2 rings (SSSR count). The summed E-state index contributed by atoms with van der Waals surface area (Å²) >= 11 is 6.06. The van der Waals surface area contributed by atoms with Gasteiger partial charge in [-0.05, 0) is 17.7 Å². The van der Waals surface area contributed by atoms with E-state index in [2.05, 4.69) is 4.98 Å². The Labute approximate surface area is 97.1 Å². The Morgan fingerprint density at radius 3 is 2.88 bits per heavy atom. The molecule has 0 radical (unpaired) electrons. The average Bonchev–Trinajstić information content (AvgIpc) is 2.69. The zero-order valence-corrected chi connectivity index (χ0v) is 9.05. The summed E-state index contributed by atoms with van der Waals surface area (Å²) in [5.41, 5.74) is 1.47. The highest BCUT2D eigenvalue weighted by Crippen LogP contribution is 2.21. The highest BCUT2D eigenvalue weighted by atomic mass is 35.5. The van der Waals surface area contributed by atoms with Crippen LogP contribution in [0.2, 0.25) is 5.02 Å². The third-order valence-corrected chi connectivity index (χ3v) is 2.45. The van der Waals surface area contributed by atoms with Crippen LogP contribution in [0.5, 0.6) is 0 Å². The van der Waals surface area contributed by atoms with Crippen molar-refractivity contribution in [2.45, 2.75) is 6.42 Å². The number of benzene rings is 1. The Morgan fingerprint density at radius 1 is 1.50 bits per heavy atom. The van der Waals surface area contributed by atoms with E-state index in [1.807, 2.05) is 0 Å². The van der Waals surface area contributed by atoms with Crippen molar-refractivity contribution in [1.29, 1.82) is 0 Å². The van der Waals surface area contributed by atoms with Crippen molar-refractivity contribution < 1.29 is 9.90 Å². The number of halogens is 1. The molecule has 4 nitrogen and oxygen atoms in total. The lowest BCUT2D eigenvalue weighted by molar-refractivity contribution is -0.136. The summed E-state index contributed by atoms with van der Waals surface area (Å²) in [7, 11) is 0. The summed E-state index contributed by atoms with van der Waals surface area (Å²) in [4.78, 5) is 14.5. The minimum Gasteiger partial charge on any atom is -0.481 e. The number of aromatic nitrogens is 2. The van der Waals surface area contributed by atoms with Gasteiger partial charge in [-0.2, -0.15) is 0 Å². The Kier molecular flexibility index (Phi) is 2.92. The second-order valence-electron chi connectivity index (χ2n) is 3.33. The standard InChI is InChI=1S/C11H9ClN2O2/c12-9-5-8(6-11(15)16)1-2-10(9)14-4-3-13-7-14/h1-5,7H,6H2,(H,15,16). The second kappa shape index (κ2) is 4.37. The summed E-state index contributed by atoms with van der Waals surface area (Å²) in [5.74, 6) is -0.869. The third kappa shape index (κ3) is 2.23. The van der Waals surface area contributed by atoms with E-state index < -0.39 is 5.97 Å². The summed E-state index contributed by atoms with van der Waals surface area (Å²) in [6.45, 7) is 0. The molecule has 5 heteroatoms. The summed E-state index contributed by atoms with van der Waals surface area (Å²) < 4.78 is 1.77. The zero-order valence-electron chi connectivity index (χ0n) is 8.30. The summed E-state index contributed by atoms with van der Waals surface area (Å²) in [5, 5.41) is 9.16. The maximum atomic E-state index is 10.5. The highest BCUT2D eigenvalue weighted by molar-refractivity contribution is 6.32. The van der Waals surface area contributed by atoms with Crippen LogP contribution in [0.15, 0.2) is 36.9 Å². The first-order chi connectivity index (χ1) is 7.66. The van der Waals surface area contributed by atoms with Gasteiger partial charge in [0.1, 0.15) is 0 Å². The molecule has 0 aliphatic heterocycles. The first-order valence-corrected chi connectivity index (χ1v) is 5.03. The molecular weight excluding hydrogens is 228 g/mol. The van der Waals surface area contributed by atoms with Crippen LogP contribution in [-0.2, 0) is 11.2 Å². The second-order valence-corrected chi connectivity index (χ2v) is 3.73. The lowest BCUT2D eigenvalue weighted by atomic mass is 10.1. The van der Waals surface area contributed by atoms with Gasteiger partial charge in [-0.3, -0.25) is 4.79 Å². The lowest BCUT2D eigenvalue weighted by Crippen LogP contribution is -2.00. The number of nitrogens with zero attached hydrogens (tertiary/aromatic N) is 2. The van der Waals surface area contributed by atoms with E-state index in [-0.39, 0.29) is 6.42 Å². The van der Waals surface area contributed by atoms with Crippen LogP contribution >= 0.6 is 11.6 Å². The molecule has 0 amide bonds. The summed E-state index contributed by atoms with van der Waals surface area (Å²) in [6, 6.07) is 5.18. The molecule has 1 aromatic heterocycles. The lowest BCUT2D eigenvalue weighted by Gasteiger charge is -2.06. The molecule has 16 heavy (non-hydrogen) atoms. The van der Waals surface area contributed by atoms with Gasteiger partial charge in [0.05, 0.1) is 23.5 Å². The number of carbonyl (C=O) groups is 1. The van der Waals surface area contributed by atoms with E-state index in [1.54, 1.807) is 41.5 Å². The molecule has 1 heterocycles. The predicted octanol–water partition coefficient (Wildman–Crippen LogP) is 2.15. The van der Waals surface area contributed by atoms with Crippen LogP contribution < -0.4 is 0 Å². The van der Waals surface area contributed by atoms with Crippen molar-refractivity contribution in [1.82, 2.24) is 9.55 Å². The van der Waals surface area contributed by atoms with Gasteiger partial charge in [0, 0.05) is 12.4 Å². The van der Waals surface area contributed by atoms with E-state index in [0.29, 0.717) is 10.6 Å². The molecule has 0 aliphatic carbocycles. The molecule has 0 fully saturated rings. The molecular formula is C11H9ClN2O2. The van der Waals surface area contributed by atoms with Crippen LogP contribution in [0.4, 0.5) is 0 Å². The fourth-order valence-electron chi connectivity index (χ4n) is 1.45. The number of aliphatic carboxylic acids is 1. The van der Waals surface area contributed by atoms with Crippen molar-refractivity contribution in [3.05, 3.63) is 47.5 Å². The van der Waals surface area contributed by atoms with Gasteiger partial charge in [0.2, 0.25) is 0 Å². The van der Waals surface area contributed by atoms with E-state index in [4.69, 9.17) is 16.7 Å². The van der Waals surface area contributed by atoms with E-state index in [1.165, 1.54) is 0 Å². The van der Waals surface area contributed by atoms with Crippen molar-refractivity contribution in [2.24, 2.45) is 0 Å². The van der Waals surface area contributed by atoms with E-state index >= 15 is 0 Å². The van der Waals surface area contributed by atoms with Crippen LogP contribution in [0.3, 0.4) is 0 Å². The Bertz CT molecular complexity index is 509. The molecule has 0 atom stereocenters. The number of hydrogen-bond donors (Lipinski definition) is 1. The van der Waals surface area contributed by atoms with Gasteiger partial charge in [-0.15, -0.1) is 0 Å². The van der Waals surface area contributed by atoms with Gasteiger partial charge < -0.3 is 9.67 Å².